The zero-order valence-corrected chi connectivity index (χ0v) is 17.9. The third-order valence-electron chi connectivity index (χ3n) is 4.47. The summed E-state index contributed by atoms with van der Waals surface area (Å²) >= 11 is 18.4. The van der Waals surface area contributed by atoms with Crippen molar-refractivity contribution < 1.29 is 27.6 Å². The van der Waals surface area contributed by atoms with E-state index >= 15 is 0 Å². The minimum Gasteiger partial charge on any atom is -0.481 e. The van der Waals surface area contributed by atoms with Gasteiger partial charge in [0.05, 0.1) is 10.6 Å². The van der Waals surface area contributed by atoms with Gasteiger partial charge in [0.2, 0.25) is 5.82 Å². The highest BCUT2D eigenvalue weighted by Crippen LogP contribution is 2.34. The summed E-state index contributed by atoms with van der Waals surface area (Å²) in [6, 6.07) is 3.80. The smallest absolute Gasteiger partial charge is 0.417 e. The maximum Gasteiger partial charge on any atom is 0.417 e. The Labute approximate surface area is 192 Å². The van der Waals surface area contributed by atoms with Crippen LogP contribution in [0.2, 0.25) is 15.1 Å². The van der Waals surface area contributed by atoms with Crippen LogP contribution < -0.4 is 0 Å². The lowest BCUT2D eigenvalue weighted by Gasteiger charge is -2.07. The van der Waals surface area contributed by atoms with Crippen LogP contribution >= 0.6 is 34.8 Å². The normalized spacial score (nSPS) is 11.9. The van der Waals surface area contributed by atoms with Crippen LogP contribution in [0.1, 0.15) is 17.5 Å². The number of nitrogens with zero attached hydrogens (tertiary/aromatic N) is 4. The van der Waals surface area contributed by atoms with Crippen LogP contribution in [0.5, 0.6) is 0 Å². The minimum atomic E-state index is -4.57. The molecule has 0 aliphatic rings. The van der Waals surface area contributed by atoms with E-state index in [0.29, 0.717) is 11.1 Å². The molecule has 1 aromatic carbocycles. The van der Waals surface area contributed by atoms with Crippen molar-refractivity contribution in [3.8, 4) is 23.0 Å². The monoisotopic (exact) mass is 504 g/mol. The molecule has 0 aliphatic heterocycles. The summed E-state index contributed by atoms with van der Waals surface area (Å²) in [5.74, 6) is -0.942. The van der Waals surface area contributed by atoms with Gasteiger partial charge in [0.25, 0.3) is 5.89 Å². The number of aromatic nitrogens is 4. The molecule has 3 aromatic heterocycles. The van der Waals surface area contributed by atoms with Crippen LogP contribution in [0.25, 0.3) is 28.6 Å². The van der Waals surface area contributed by atoms with Gasteiger partial charge in [0, 0.05) is 34.4 Å². The van der Waals surface area contributed by atoms with Crippen molar-refractivity contribution in [2.24, 2.45) is 0 Å². The molecule has 4 rings (SSSR count). The molecule has 0 saturated carbocycles. The first-order valence-electron chi connectivity index (χ1n) is 8.82. The van der Waals surface area contributed by atoms with Crippen LogP contribution in [0.15, 0.2) is 35.1 Å². The van der Waals surface area contributed by atoms with E-state index in [9.17, 15) is 18.0 Å². The summed E-state index contributed by atoms with van der Waals surface area (Å²) in [5, 5.41) is 13.0. The predicted octanol–water partition coefficient (Wildman–Crippen LogP) is 6.05. The molecule has 0 atom stereocenters. The van der Waals surface area contributed by atoms with E-state index in [4.69, 9.17) is 44.4 Å². The SMILES string of the molecule is O=C(O)CCc1c(Cl)cc(-c2noc(-c3cn4cc(C(F)(F)F)cc(Cl)c4n3)n2)cc1Cl. The average molecular weight is 506 g/mol. The van der Waals surface area contributed by atoms with E-state index < -0.39 is 17.7 Å². The molecule has 4 aromatic rings. The van der Waals surface area contributed by atoms with E-state index in [-0.39, 0.29) is 51.0 Å². The maximum atomic E-state index is 13.0. The maximum absolute atomic E-state index is 13.0. The summed E-state index contributed by atoms with van der Waals surface area (Å²) in [6.07, 6.45) is -2.44. The van der Waals surface area contributed by atoms with Crippen molar-refractivity contribution in [1.29, 1.82) is 0 Å². The van der Waals surface area contributed by atoms with Crippen molar-refractivity contribution >= 4 is 46.4 Å². The first kappa shape index (κ1) is 22.4. The Morgan fingerprint density at radius 2 is 1.75 bits per heavy atom. The number of benzene rings is 1. The molecule has 0 saturated heterocycles. The molecular formula is C19H10Cl3F3N4O3. The number of pyridine rings is 1. The van der Waals surface area contributed by atoms with Gasteiger partial charge in [-0.2, -0.15) is 18.2 Å². The van der Waals surface area contributed by atoms with Crippen molar-refractivity contribution in [3.63, 3.8) is 0 Å². The number of hydrogen-bond acceptors (Lipinski definition) is 5. The largest absolute Gasteiger partial charge is 0.481 e. The van der Waals surface area contributed by atoms with Gasteiger partial charge >= 0.3 is 12.1 Å². The number of carbonyl (C=O) groups is 1. The molecule has 0 aliphatic carbocycles. The quantitative estimate of drug-likeness (QED) is 0.355. The number of aliphatic carboxylic acids is 1. The number of fused-ring (bicyclic) bond motifs is 1. The Morgan fingerprint density at radius 3 is 2.38 bits per heavy atom. The van der Waals surface area contributed by atoms with Crippen molar-refractivity contribution in [2.75, 3.05) is 0 Å². The lowest BCUT2D eigenvalue weighted by Crippen LogP contribution is -2.06. The van der Waals surface area contributed by atoms with E-state index in [1.807, 2.05) is 0 Å². The first-order chi connectivity index (χ1) is 15.0. The zero-order chi connectivity index (χ0) is 23.2. The lowest BCUT2D eigenvalue weighted by molar-refractivity contribution is -0.138. The summed E-state index contributed by atoms with van der Waals surface area (Å²) in [6.45, 7) is 0. The summed E-state index contributed by atoms with van der Waals surface area (Å²) < 4.78 is 45.4. The van der Waals surface area contributed by atoms with Crippen LogP contribution in [-0.2, 0) is 17.4 Å². The summed E-state index contributed by atoms with van der Waals surface area (Å²) in [7, 11) is 0. The van der Waals surface area contributed by atoms with Gasteiger partial charge in [-0.25, -0.2) is 4.98 Å². The fourth-order valence-corrected chi connectivity index (χ4v) is 3.90. The number of halogens is 6. The van der Waals surface area contributed by atoms with E-state index in [1.165, 1.54) is 18.3 Å². The fraction of sp³-hybridized carbons (Fsp3) is 0.158. The molecule has 7 nitrogen and oxygen atoms in total. The molecule has 0 spiro atoms. The average Bonchev–Trinajstić information content (AvgIpc) is 3.33. The molecule has 0 amide bonds. The Balaban J connectivity index is 1.68. The van der Waals surface area contributed by atoms with Crippen molar-refractivity contribution in [3.05, 3.63) is 56.8 Å². The molecule has 1 N–H and O–H groups in total. The molecule has 0 bridgehead atoms. The molecular weight excluding hydrogens is 496 g/mol. The van der Waals surface area contributed by atoms with Crippen molar-refractivity contribution in [2.45, 2.75) is 19.0 Å². The number of carboxylic acid groups (broad SMARTS) is 1. The first-order valence-corrected chi connectivity index (χ1v) is 9.96. The Hall–Kier alpha value is -2.82. The highest BCUT2D eigenvalue weighted by Gasteiger charge is 2.32. The van der Waals surface area contributed by atoms with Gasteiger partial charge < -0.3 is 14.0 Å². The molecule has 13 heteroatoms. The number of imidazole rings is 1. The Kier molecular flexibility index (Phi) is 5.78. The van der Waals surface area contributed by atoms with Gasteiger partial charge in [-0.15, -0.1) is 0 Å². The minimum absolute atomic E-state index is 0.0597. The highest BCUT2D eigenvalue weighted by atomic mass is 35.5. The summed E-state index contributed by atoms with van der Waals surface area (Å²) in [5.41, 5.74) is 0.134. The third kappa shape index (κ3) is 4.38. The molecule has 3 heterocycles. The predicted molar refractivity (Wildman–Crippen MR) is 110 cm³/mol. The Bertz CT molecular complexity index is 1330. The van der Waals surface area contributed by atoms with Crippen LogP contribution in [-0.4, -0.2) is 30.6 Å². The van der Waals surface area contributed by atoms with Gasteiger partial charge in [-0.05, 0) is 30.2 Å². The van der Waals surface area contributed by atoms with Crippen molar-refractivity contribution in [1.82, 2.24) is 19.5 Å². The van der Waals surface area contributed by atoms with Crippen LogP contribution in [0.4, 0.5) is 13.2 Å². The molecule has 32 heavy (non-hydrogen) atoms. The van der Waals surface area contributed by atoms with Gasteiger partial charge in [-0.3, -0.25) is 4.79 Å². The number of alkyl halides is 3. The standard InChI is InChI=1S/C19H10Cl3F3N4O3/c20-11-3-8(4-12(21)10(11)1-2-15(30)31)16-27-18(32-28-16)14-7-29-6-9(19(23,24)25)5-13(22)17(29)26-14/h3-7H,1-2H2,(H,30,31). The fourth-order valence-electron chi connectivity index (χ4n) is 2.96. The third-order valence-corrected chi connectivity index (χ3v) is 5.42. The van der Waals surface area contributed by atoms with E-state index in [0.717, 1.165) is 16.7 Å². The number of hydrogen-bond donors (Lipinski definition) is 1. The second-order valence-corrected chi connectivity index (χ2v) is 7.89. The van der Waals surface area contributed by atoms with Gasteiger partial charge in [0.1, 0.15) is 5.69 Å². The highest BCUT2D eigenvalue weighted by molar-refractivity contribution is 6.36. The molecule has 0 unspecified atom stereocenters. The van der Waals surface area contributed by atoms with Gasteiger partial charge in [-0.1, -0.05) is 40.0 Å². The summed E-state index contributed by atoms with van der Waals surface area (Å²) in [4.78, 5) is 19.1. The number of rotatable bonds is 5. The second-order valence-electron chi connectivity index (χ2n) is 6.67. The number of carboxylic acids is 1. The van der Waals surface area contributed by atoms with Crippen LogP contribution in [0, 0.1) is 0 Å². The zero-order valence-electron chi connectivity index (χ0n) is 15.6. The molecule has 166 valence electrons. The lowest BCUT2D eigenvalue weighted by atomic mass is 10.1. The van der Waals surface area contributed by atoms with E-state index in [1.54, 1.807) is 0 Å². The molecule has 0 radical (unpaired) electrons. The topological polar surface area (TPSA) is 93.5 Å². The van der Waals surface area contributed by atoms with Gasteiger partial charge in [0.15, 0.2) is 5.65 Å². The van der Waals surface area contributed by atoms with Crippen LogP contribution in [0.3, 0.4) is 0 Å². The molecule has 0 fully saturated rings. The Morgan fingerprint density at radius 1 is 1.06 bits per heavy atom. The second kappa shape index (κ2) is 8.27. The van der Waals surface area contributed by atoms with E-state index in [2.05, 4.69) is 15.1 Å².